The first kappa shape index (κ1) is 24.0. The molecular formula is C36H22BBr2N. The minimum Gasteiger partial charge on any atom is -0.316 e. The summed E-state index contributed by atoms with van der Waals surface area (Å²) in [6, 6.07) is 35.1. The fraction of sp³-hybridized carbons (Fsp3) is 0. The Bertz CT molecular complexity index is 1910. The normalized spacial score (nSPS) is 16.6. The van der Waals surface area contributed by atoms with E-state index in [4.69, 9.17) is 0 Å². The predicted octanol–water partition coefficient (Wildman–Crippen LogP) is 9.35. The third kappa shape index (κ3) is 3.60. The van der Waals surface area contributed by atoms with Crippen molar-refractivity contribution in [3.05, 3.63) is 170 Å². The predicted molar refractivity (Wildman–Crippen MR) is 177 cm³/mol. The van der Waals surface area contributed by atoms with Crippen LogP contribution < -0.4 is 10.4 Å². The van der Waals surface area contributed by atoms with Gasteiger partial charge in [-0.05, 0) is 63.8 Å². The molecule has 40 heavy (non-hydrogen) atoms. The molecule has 4 aromatic carbocycles. The van der Waals surface area contributed by atoms with Crippen LogP contribution in [0.15, 0.2) is 154 Å². The minimum absolute atomic E-state index is 0.142. The lowest BCUT2D eigenvalue weighted by Crippen LogP contribution is -2.41. The van der Waals surface area contributed by atoms with E-state index in [0.29, 0.717) is 0 Å². The third-order valence-corrected chi connectivity index (χ3v) is 9.19. The Morgan fingerprint density at radius 2 is 1.48 bits per heavy atom. The van der Waals surface area contributed by atoms with E-state index in [2.05, 4.69) is 170 Å². The van der Waals surface area contributed by atoms with Gasteiger partial charge in [0.05, 0.1) is 11.4 Å². The largest absolute Gasteiger partial charge is 0.316 e. The first-order valence-corrected chi connectivity index (χ1v) is 15.0. The summed E-state index contributed by atoms with van der Waals surface area (Å²) in [5.74, 6) is 2.38. The van der Waals surface area contributed by atoms with Crippen molar-refractivity contribution in [2.75, 3.05) is 4.90 Å². The highest BCUT2D eigenvalue weighted by Crippen LogP contribution is 2.54. The Morgan fingerprint density at radius 1 is 0.700 bits per heavy atom. The number of benzene rings is 4. The Labute approximate surface area is 251 Å². The fourth-order valence-electron chi connectivity index (χ4n) is 6.59. The van der Waals surface area contributed by atoms with E-state index in [1.165, 1.54) is 66.9 Å². The molecule has 4 heteroatoms. The maximum absolute atomic E-state index is 3.81. The van der Waals surface area contributed by atoms with Crippen LogP contribution in [0.3, 0.4) is 0 Å². The Kier molecular flexibility index (Phi) is 5.62. The van der Waals surface area contributed by atoms with Gasteiger partial charge in [-0.2, -0.15) is 0 Å². The van der Waals surface area contributed by atoms with Crippen LogP contribution in [0.25, 0.3) is 27.8 Å². The molecule has 0 saturated carbocycles. The van der Waals surface area contributed by atoms with Crippen molar-refractivity contribution in [1.29, 1.82) is 0 Å². The van der Waals surface area contributed by atoms with Crippen LogP contribution in [0.1, 0.15) is 16.7 Å². The van der Waals surface area contributed by atoms with Crippen LogP contribution in [0.2, 0.25) is 0 Å². The molecule has 1 nitrogen and oxygen atoms in total. The van der Waals surface area contributed by atoms with Crippen molar-refractivity contribution >= 4 is 66.4 Å². The Hall–Kier alpha value is -3.86. The second-order valence-electron chi connectivity index (χ2n) is 10.4. The molecule has 0 aliphatic carbocycles. The van der Waals surface area contributed by atoms with E-state index >= 15 is 0 Å². The molecule has 0 radical (unpaired) electrons. The van der Waals surface area contributed by atoms with E-state index < -0.39 is 0 Å². The number of hydrogen-bond acceptors (Lipinski definition) is 1. The average Bonchev–Trinajstić information content (AvgIpc) is 3.01. The average molecular weight is 639 g/mol. The van der Waals surface area contributed by atoms with Crippen LogP contribution >= 0.6 is 31.9 Å². The minimum atomic E-state index is 0.142. The summed E-state index contributed by atoms with van der Waals surface area (Å²) in [6.45, 7) is 0.142. The van der Waals surface area contributed by atoms with Gasteiger partial charge in [-0.15, -0.1) is 5.98 Å². The molecule has 0 aromatic heterocycles. The van der Waals surface area contributed by atoms with Gasteiger partial charge in [-0.25, -0.2) is 0 Å². The standard InChI is InChI=1S/C36H22BBr2N/c38-25-16-17-31-29(21-25)34-35(32-22-26(39)18-20-40(31)32)33-27(23-9-3-1-4-10-23)13-7-15-30(33)37-19-8-14-28(36(34)37)24-11-5-2-6-12-24/h1-22H. The number of nitrogens with zero attached hydrogens (tertiary/aromatic N) is 1. The summed E-state index contributed by atoms with van der Waals surface area (Å²) in [5.41, 5.74) is 15.3. The second kappa shape index (κ2) is 9.37. The second-order valence-corrected chi connectivity index (χ2v) is 12.2. The summed E-state index contributed by atoms with van der Waals surface area (Å²) in [4.78, 5) is 2.35. The molecule has 4 aliphatic heterocycles. The first-order chi connectivity index (χ1) is 19.7. The number of halogens is 2. The maximum Gasteiger partial charge on any atom is 0.236 e. The lowest BCUT2D eigenvalue weighted by molar-refractivity contribution is 1.17. The van der Waals surface area contributed by atoms with Gasteiger partial charge >= 0.3 is 0 Å². The molecule has 4 aliphatic rings. The third-order valence-electron chi connectivity index (χ3n) is 8.20. The first-order valence-electron chi connectivity index (χ1n) is 13.5. The van der Waals surface area contributed by atoms with E-state index in [-0.39, 0.29) is 6.71 Å². The molecule has 4 aromatic rings. The van der Waals surface area contributed by atoms with Gasteiger partial charge in [-0.3, -0.25) is 0 Å². The molecule has 188 valence electrons. The maximum atomic E-state index is 3.81. The van der Waals surface area contributed by atoms with Gasteiger partial charge in [0.2, 0.25) is 6.71 Å². The van der Waals surface area contributed by atoms with Gasteiger partial charge < -0.3 is 4.90 Å². The molecule has 0 atom stereocenters. The van der Waals surface area contributed by atoms with Crippen molar-refractivity contribution in [3.63, 3.8) is 0 Å². The fourth-order valence-corrected chi connectivity index (χ4v) is 7.29. The molecule has 0 unspecified atom stereocenters. The van der Waals surface area contributed by atoms with Crippen molar-refractivity contribution < 1.29 is 0 Å². The smallest absolute Gasteiger partial charge is 0.236 e. The highest BCUT2D eigenvalue weighted by Gasteiger charge is 2.42. The van der Waals surface area contributed by atoms with Crippen molar-refractivity contribution in [3.8, 4) is 11.1 Å². The van der Waals surface area contributed by atoms with Gasteiger partial charge in [0.25, 0.3) is 0 Å². The lowest BCUT2D eigenvalue weighted by Gasteiger charge is -2.42. The molecule has 0 spiro atoms. The molecule has 0 bridgehead atoms. The van der Waals surface area contributed by atoms with Crippen LogP contribution in [0, 0.1) is 0 Å². The monoisotopic (exact) mass is 637 g/mol. The number of allylic oxidation sites excluding steroid dienone is 9. The van der Waals surface area contributed by atoms with Crippen molar-refractivity contribution in [1.82, 2.24) is 0 Å². The summed E-state index contributed by atoms with van der Waals surface area (Å²) in [7, 11) is 0. The zero-order valence-electron chi connectivity index (χ0n) is 21.5. The van der Waals surface area contributed by atoms with Gasteiger partial charge in [-0.1, -0.05) is 134 Å². The molecule has 0 amide bonds. The van der Waals surface area contributed by atoms with Crippen molar-refractivity contribution in [2.24, 2.45) is 0 Å². The number of fused-ring (bicyclic) bond motifs is 9. The summed E-state index contributed by atoms with van der Waals surface area (Å²) < 4.78 is 2.15. The van der Waals surface area contributed by atoms with E-state index in [0.717, 1.165) is 8.96 Å². The Balaban J connectivity index is 1.55. The summed E-state index contributed by atoms with van der Waals surface area (Å²) in [5, 5.41) is 0. The topological polar surface area (TPSA) is 3.24 Å². The molecule has 8 rings (SSSR count). The number of anilines is 1. The molecule has 0 saturated heterocycles. The highest BCUT2D eigenvalue weighted by molar-refractivity contribution is 9.12. The molecule has 4 heterocycles. The van der Waals surface area contributed by atoms with Crippen LogP contribution in [0.4, 0.5) is 5.69 Å². The summed E-state index contributed by atoms with van der Waals surface area (Å²) in [6.07, 6.45) is 11.1. The van der Waals surface area contributed by atoms with Crippen LogP contribution in [-0.4, -0.2) is 6.71 Å². The quantitative estimate of drug-likeness (QED) is 0.198. The van der Waals surface area contributed by atoms with E-state index in [1.54, 1.807) is 0 Å². The SMILES string of the molecule is BrC1=CC2=C3C(=C4B(C=CC=C4c4ccccc4)c4cccc(-c5ccccc5)c43)c3cc(Br)ccc3N2C=C1. The molecule has 0 N–H and O–H groups in total. The van der Waals surface area contributed by atoms with Crippen LogP contribution in [0.5, 0.6) is 0 Å². The zero-order chi connectivity index (χ0) is 26.8. The van der Waals surface area contributed by atoms with E-state index in [1.807, 2.05) is 0 Å². The summed E-state index contributed by atoms with van der Waals surface area (Å²) >= 11 is 7.62. The number of rotatable bonds is 2. The molecule has 0 fully saturated rings. The Morgan fingerprint density at radius 3 is 2.27 bits per heavy atom. The van der Waals surface area contributed by atoms with Gasteiger partial charge in [0.1, 0.15) is 0 Å². The van der Waals surface area contributed by atoms with Gasteiger partial charge in [0.15, 0.2) is 0 Å². The van der Waals surface area contributed by atoms with Crippen LogP contribution in [-0.2, 0) is 0 Å². The van der Waals surface area contributed by atoms with Crippen molar-refractivity contribution in [2.45, 2.75) is 0 Å². The lowest BCUT2D eigenvalue weighted by atomic mass is 9.33. The van der Waals surface area contributed by atoms with Gasteiger partial charge in [0, 0.05) is 26.3 Å². The highest BCUT2D eigenvalue weighted by atomic mass is 79.9. The zero-order valence-corrected chi connectivity index (χ0v) is 24.7. The molecular weight excluding hydrogens is 617 g/mol. The number of hydrogen-bond donors (Lipinski definition) is 0. The van der Waals surface area contributed by atoms with E-state index in [9.17, 15) is 0 Å².